The van der Waals surface area contributed by atoms with Crippen LogP contribution in [0.2, 0.25) is 0 Å². The van der Waals surface area contributed by atoms with Gasteiger partial charge in [-0.3, -0.25) is 4.79 Å². The van der Waals surface area contributed by atoms with Crippen molar-refractivity contribution in [1.82, 2.24) is 18.8 Å². The van der Waals surface area contributed by atoms with Gasteiger partial charge >= 0.3 is 0 Å². The van der Waals surface area contributed by atoms with Gasteiger partial charge < -0.3 is 9.80 Å². The van der Waals surface area contributed by atoms with Gasteiger partial charge in [0.25, 0.3) is 10.2 Å². The maximum atomic E-state index is 12.1. The van der Waals surface area contributed by atoms with Crippen molar-refractivity contribution in [2.45, 2.75) is 27.2 Å². The highest BCUT2D eigenvalue weighted by molar-refractivity contribution is 7.87. The van der Waals surface area contributed by atoms with Crippen LogP contribution in [-0.2, 0) is 15.0 Å². The van der Waals surface area contributed by atoms with Crippen molar-refractivity contribution in [2.75, 3.05) is 52.4 Å². The molecular weight excluding hydrogens is 292 g/mol. The Balaban J connectivity index is 2.40. The molecule has 0 aliphatic carbocycles. The van der Waals surface area contributed by atoms with Gasteiger partial charge in [0.05, 0.1) is 0 Å². The molecule has 1 aliphatic heterocycles. The van der Waals surface area contributed by atoms with E-state index in [0.29, 0.717) is 39.1 Å². The first kappa shape index (κ1) is 18.3. The fourth-order valence-corrected chi connectivity index (χ4v) is 3.59. The summed E-state index contributed by atoms with van der Waals surface area (Å²) in [6, 6.07) is 0. The van der Waals surface area contributed by atoms with Gasteiger partial charge in [0.1, 0.15) is 0 Å². The predicted molar refractivity (Wildman–Crippen MR) is 83.2 cm³/mol. The summed E-state index contributed by atoms with van der Waals surface area (Å²) in [4.78, 5) is 16.1. The van der Waals surface area contributed by atoms with Crippen molar-refractivity contribution in [3.8, 4) is 0 Å². The summed E-state index contributed by atoms with van der Waals surface area (Å²) in [7, 11) is -3.38. The molecule has 1 N–H and O–H groups in total. The zero-order chi connectivity index (χ0) is 15.9. The third kappa shape index (κ3) is 5.54. The van der Waals surface area contributed by atoms with E-state index in [9.17, 15) is 13.2 Å². The molecule has 1 heterocycles. The maximum Gasteiger partial charge on any atom is 0.279 e. The standard InChI is InChI=1S/C13H28N4O3S/c1-4-14-21(19,20)17-11-9-16(10-12-17)13(18)7-8-15(5-2)6-3/h14H,4-12H2,1-3H3. The van der Waals surface area contributed by atoms with Crippen LogP contribution in [0.4, 0.5) is 0 Å². The molecule has 21 heavy (non-hydrogen) atoms. The Hall–Kier alpha value is -0.700. The highest BCUT2D eigenvalue weighted by Gasteiger charge is 2.28. The molecule has 124 valence electrons. The van der Waals surface area contributed by atoms with E-state index < -0.39 is 10.2 Å². The van der Waals surface area contributed by atoms with Gasteiger partial charge in [-0.2, -0.15) is 12.7 Å². The van der Waals surface area contributed by atoms with Crippen LogP contribution in [0, 0.1) is 0 Å². The molecule has 0 unspecified atom stereocenters. The quantitative estimate of drug-likeness (QED) is 0.667. The molecule has 0 saturated carbocycles. The molecule has 1 fully saturated rings. The van der Waals surface area contributed by atoms with Crippen molar-refractivity contribution in [1.29, 1.82) is 0 Å². The summed E-state index contributed by atoms with van der Waals surface area (Å²) < 4.78 is 27.6. The molecular formula is C13H28N4O3S. The zero-order valence-electron chi connectivity index (χ0n) is 13.3. The van der Waals surface area contributed by atoms with Gasteiger partial charge in [0, 0.05) is 45.7 Å². The van der Waals surface area contributed by atoms with E-state index in [2.05, 4.69) is 23.5 Å². The third-order valence-electron chi connectivity index (χ3n) is 3.79. The lowest BCUT2D eigenvalue weighted by molar-refractivity contribution is -0.132. The van der Waals surface area contributed by atoms with E-state index in [1.165, 1.54) is 4.31 Å². The Bertz CT molecular complexity index is 415. The largest absolute Gasteiger partial charge is 0.340 e. The smallest absolute Gasteiger partial charge is 0.279 e. The second-order valence-electron chi connectivity index (χ2n) is 5.06. The number of nitrogens with one attached hydrogen (secondary N) is 1. The average Bonchev–Trinajstić information content (AvgIpc) is 2.48. The summed E-state index contributed by atoms with van der Waals surface area (Å²) in [5.74, 6) is 0.113. The molecule has 0 aromatic rings. The van der Waals surface area contributed by atoms with E-state index in [-0.39, 0.29) is 5.91 Å². The Morgan fingerprint density at radius 1 is 1.10 bits per heavy atom. The van der Waals surface area contributed by atoms with Crippen LogP contribution in [-0.4, -0.2) is 80.8 Å². The van der Waals surface area contributed by atoms with Gasteiger partial charge in [-0.25, -0.2) is 4.72 Å². The van der Waals surface area contributed by atoms with Gasteiger partial charge in [-0.1, -0.05) is 20.8 Å². The first-order valence-corrected chi connectivity index (χ1v) is 9.13. The Kier molecular flexibility index (Phi) is 7.58. The van der Waals surface area contributed by atoms with E-state index in [1.807, 2.05) is 0 Å². The lowest BCUT2D eigenvalue weighted by Crippen LogP contribution is -2.53. The summed E-state index contributed by atoms with van der Waals surface area (Å²) in [5.41, 5.74) is 0. The van der Waals surface area contributed by atoms with E-state index in [4.69, 9.17) is 0 Å². The molecule has 0 atom stereocenters. The van der Waals surface area contributed by atoms with Crippen LogP contribution in [0.25, 0.3) is 0 Å². The molecule has 1 saturated heterocycles. The minimum Gasteiger partial charge on any atom is -0.340 e. The Morgan fingerprint density at radius 2 is 1.67 bits per heavy atom. The van der Waals surface area contributed by atoms with Crippen LogP contribution < -0.4 is 4.72 Å². The lowest BCUT2D eigenvalue weighted by atomic mass is 10.3. The van der Waals surface area contributed by atoms with Crippen molar-refractivity contribution >= 4 is 16.1 Å². The van der Waals surface area contributed by atoms with Gasteiger partial charge in [-0.05, 0) is 13.1 Å². The van der Waals surface area contributed by atoms with Crippen LogP contribution in [0.1, 0.15) is 27.2 Å². The number of hydrogen-bond acceptors (Lipinski definition) is 4. The van der Waals surface area contributed by atoms with E-state index in [0.717, 1.165) is 19.6 Å². The molecule has 0 aromatic carbocycles. The van der Waals surface area contributed by atoms with Gasteiger partial charge in [0.2, 0.25) is 5.91 Å². The zero-order valence-corrected chi connectivity index (χ0v) is 14.2. The number of nitrogens with zero attached hydrogens (tertiary/aromatic N) is 3. The number of piperazine rings is 1. The minimum absolute atomic E-state index is 0.113. The topological polar surface area (TPSA) is 73.0 Å². The second kappa shape index (κ2) is 8.67. The molecule has 0 aromatic heterocycles. The monoisotopic (exact) mass is 320 g/mol. The number of carbonyl (C=O) groups excluding carboxylic acids is 1. The van der Waals surface area contributed by atoms with Crippen molar-refractivity contribution in [3.63, 3.8) is 0 Å². The molecule has 0 bridgehead atoms. The summed E-state index contributed by atoms with van der Waals surface area (Å²) >= 11 is 0. The number of carbonyl (C=O) groups is 1. The molecule has 1 aliphatic rings. The lowest BCUT2D eigenvalue weighted by Gasteiger charge is -2.34. The fraction of sp³-hybridized carbons (Fsp3) is 0.923. The summed E-state index contributed by atoms with van der Waals surface area (Å²) in [5, 5.41) is 0. The third-order valence-corrected chi connectivity index (χ3v) is 5.49. The normalized spacial score (nSPS) is 17.4. The second-order valence-corrected chi connectivity index (χ2v) is 6.81. The Labute approximate surface area is 128 Å². The van der Waals surface area contributed by atoms with Crippen LogP contribution in [0.5, 0.6) is 0 Å². The summed E-state index contributed by atoms with van der Waals surface area (Å²) in [6.45, 7) is 10.6. The maximum absolute atomic E-state index is 12.1. The fourth-order valence-electron chi connectivity index (χ4n) is 2.40. The number of rotatable bonds is 8. The van der Waals surface area contributed by atoms with Crippen molar-refractivity contribution in [2.24, 2.45) is 0 Å². The predicted octanol–water partition coefficient (Wildman–Crippen LogP) is -0.283. The van der Waals surface area contributed by atoms with Crippen molar-refractivity contribution in [3.05, 3.63) is 0 Å². The summed E-state index contributed by atoms with van der Waals surface area (Å²) in [6.07, 6.45) is 0.502. The van der Waals surface area contributed by atoms with Crippen LogP contribution in [0.15, 0.2) is 0 Å². The first-order chi connectivity index (χ1) is 9.94. The SMILES string of the molecule is CCNS(=O)(=O)N1CCN(C(=O)CCN(CC)CC)CC1. The molecule has 0 spiro atoms. The molecule has 0 radical (unpaired) electrons. The Morgan fingerprint density at radius 3 is 2.14 bits per heavy atom. The van der Waals surface area contributed by atoms with Crippen molar-refractivity contribution < 1.29 is 13.2 Å². The number of hydrogen-bond donors (Lipinski definition) is 1. The number of amides is 1. The van der Waals surface area contributed by atoms with Crippen LogP contribution in [0.3, 0.4) is 0 Å². The van der Waals surface area contributed by atoms with Gasteiger partial charge in [0.15, 0.2) is 0 Å². The highest BCUT2D eigenvalue weighted by Crippen LogP contribution is 2.08. The van der Waals surface area contributed by atoms with Crippen LogP contribution >= 0.6 is 0 Å². The van der Waals surface area contributed by atoms with E-state index >= 15 is 0 Å². The van der Waals surface area contributed by atoms with E-state index in [1.54, 1.807) is 11.8 Å². The molecule has 1 amide bonds. The molecule has 1 rings (SSSR count). The first-order valence-electron chi connectivity index (χ1n) is 7.69. The average molecular weight is 320 g/mol. The minimum atomic E-state index is -3.38. The molecule has 7 nitrogen and oxygen atoms in total. The highest BCUT2D eigenvalue weighted by atomic mass is 32.2. The molecule has 8 heteroatoms. The van der Waals surface area contributed by atoms with Gasteiger partial charge in [-0.15, -0.1) is 0 Å².